The minimum atomic E-state index is 1.23. The van der Waals surface area contributed by atoms with Gasteiger partial charge in [-0.2, -0.15) is 0 Å². The van der Waals surface area contributed by atoms with E-state index in [-0.39, 0.29) is 0 Å². The first-order valence-corrected chi connectivity index (χ1v) is 16.1. The molecular formula is C30H44S3. The van der Waals surface area contributed by atoms with Crippen LogP contribution in [0.15, 0.2) is 29.0 Å². The first-order valence-electron chi connectivity index (χ1n) is 13.5. The Morgan fingerprint density at radius 1 is 0.515 bits per heavy atom. The zero-order valence-electron chi connectivity index (χ0n) is 21.2. The van der Waals surface area contributed by atoms with Gasteiger partial charge in [-0.1, -0.05) is 78.6 Å². The third kappa shape index (κ3) is 8.67. The summed E-state index contributed by atoms with van der Waals surface area (Å²) in [7, 11) is 0. The van der Waals surface area contributed by atoms with Crippen molar-refractivity contribution < 1.29 is 0 Å². The maximum atomic E-state index is 2.53. The van der Waals surface area contributed by atoms with E-state index in [0.29, 0.717) is 0 Å². The lowest BCUT2D eigenvalue weighted by Crippen LogP contribution is -1.85. The second-order valence-electron chi connectivity index (χ2n) is 9.54. The van der Waals surface area contributed by atoms with Crippen LogP contribution in [0, 0.1) is 0 Å². The molecule has 0 bridgehead atoms. The maximum absolute atomic E-state index is 2.53. The molecule has 0 saturated heterocycles. The van der Waals surface area contributed by atoms with Crippen LogP contribution in [0.1, 0.15) is 115 Å². The highest BCUT2D eigenvalue weighted by atomic mass is 32.1. The predicted octanol–water partition coefficient (Wildman–Crippen LogP) is 11.6. The van der Waals surface area contributed by atoms with Crippen molar-refractivity contribution in [3.05, 3.63) is 45.6 Å². The van der Waals surface area contributed by atoms with Crippen LogP contribution < -0.4 is 0 Å². The molecule has 0 unspecified atom stereocenters. The number of hydrogen-bond donors (Lipinski definition) is 0. The molecule has 182 valence electrons. The first-order chi connectivity index (χ1) is 16.2. The lowest BCUT2D eigenvalue weighted by molar-refractivity contribution is 0.667. The summed E-state index contributed by atoms with van der Waals surface area (Å²) in [6.45, 7) is 6.89. The van der Waals surface area contributed by atoms with Gasteiger partial charge in [0.1, 0.15) is 0 Å². The largest absolute Gasteiger partial charge is 0.143 e. The minimum Gasteiger partial charge on any atom is -0.143 e. The van der Waals surface area contributed by atoms with E-state index >= 15 is 0 Å². The molecule has 0 aromatic carbocycles. The van der Waals surface area contributed by atoms with Gasteiger partial charge in [0.15, 0.2) is 0 Å². The quantitative estimate of drug-likeness (QED) is 0.162. The average Bonchev–Trinajstić information content (AvgIpc) is 3.57. The van der Waals surface area contributed by atoms with Gasteiger partial charge < -0.3 is 0 Å². The number of hydrogen-bond acceptors (Lipinski definition) is 3. The molecule has 0 aliphatic carbocycles. The molecule has 3 rings (SSSR count). The molecule has 0 aliphatic heterocycles. The van der Waals surface area contributed by atoms with E-state index in [9.17, 15) is 0 Å². The molecule has 3 aromatic rings. The van der Waals surface area contributed by atoms with E-state index in [4.69, 9.17) is 0 Å². The smallest absolute Gasteiger partial charge is 0.0481 e. The van der Waals surface area contributed by atoms with E-state index in [0.717, 1.165) is 0 Å². The Morgan fingerprint density at radius 2 is 1.03 bits per heavy atom. The van der Waals surface area contributed by atoms with Crippen LogP contribution in [0.25, 0.3) is 19.5 Å². The van der Waals surface area contributed by atoms with Crippen molar-refractivity contribution in [2.24, 2.45) is 0 Å². The van der Waals surface area contributed by atoms with Gasteiger partial charge in [-0.15, -0.1) is 34.0 Å². The summed E-state index contributed by atoms with van der Waals surface area (Å²) < 4.78 is 0. The van der Waals surface area contributed by atoms with Crippen LogP contribution in [-0.2, 0) is 19.3 Å². The fourth-order valence-corrected chi connectivity index (χ4v) is 7.81. The van der Waals surface area contributed by atoms with E-state index in [1.165, 1.54) is 117 Å². The second-order valence-corrected chi connectivity index (χ2v) is 12.4. The lowest BCUT2D eigenvalue weighted by Gasteiger charge is -2.02. The van der Waals surface area contributed by atoms with Crippen molar-refractivity contribution in [1.29, 1.82) is 0 Å². The van der Waals surface area contributed by atoms with Gasteiger partial charge in [-0.3, -0.25) is 0 Å². The fraction of sp³-hybridized carbons (Fsp3) is 0.600. The van der Waals surface area contributed by atoms with Gasteiger partial charge in [0.05, 0.1) is 0 Å². The van der Waals surface area contributed by atoms with Crippen molar-refractivity contribution in [2.45, 2.75) is 117 Å². The molecule has 3 aromatic heterocycles. The fourth-order valence-electron chi connectivity index (χ4n) is 4.46. The summed E-state index contributed by atoms with van der Waals surface area (Å²) in [5, 5.41) is 4.82. The second kappa shape index (κ2) is 15.2. The number of thiophene rings is 3. The lowest BCUT2D eigenvalue weighted by atomic mass is 10.0. The normalized spacial score (nSPS) is 11.5. The highest BCUT2D eigenvalue weighted by Gasteiger charge is 2.15. The predicted molar refractivity (Wildman–Crippen MR) is 154 cm³/mol. The average molecular weight is 501 g/mol. The van der Waals surface area contributed by atoms with Gasteiger partial charge in [-0.25, -0.2) is 0 Å². The van der Waals surface area contributed by atoms with Crippen molar-refractivity contribution in [1.82, 2.24) is 0 Å². The highest BCUT2D eigenvalue weighted by molar-refractivity contribution is 7.26. The molecule has 0 fully saturated rings. The van der Waals surface area contributed by atoms with Crippen LogP contribution in [0.3, 0.4) is 0 Å². The molecule has 0 amide bonds. The standard InChI is InChI=1S/C30H44S3/c1-4-7-10-13-16-24-19-27(31-22-24)28-21-26(18-15-12-9-6-3)30(33-28)29-20-25(23-32-29)17-14-11-8-5-2/h19-23H,4-18H2,1-3H3. The Labute approximate surface area is 215 Å². The van der Waals surface area contributed by atoms with Gasteiger partial charge in [-0.05, 0) is 84.2 Å². The molecule has 3 heteroatoms. The molecule has 0 spiro atoms. The van der Waals surface area contributed by atoms with E-state index in [2.05, 4.69) is 49.7 Å². The number of unbranched alkanes of at least 4 members (excludes halogenated alkanes) is 9. The van der Waals surface area contributed by atoms with Crippen molar-refractivity contribution in [2.75, 3.05) is 0 Å². The molecule has 0 radical (unpaired) electrons. The minimum absolute atomic E-state index is 1.23. The molecular weight excluding hydrogens is 457 g/mol. The topological polar surface area (TPSA) is 0 Å². The van der Waals surface area contributed by atoms with Gasteiger partial charge >= 0.3 is 0 Å². The molecule has 0 nitrogen and oxygen atoms in total. The maximum Gasteiger partial charge on any atom is 0.0481 e. The van der Waals surface area contributed by atoms with E-state index < -0.39 is 0 Å². The summed E-state index contributed by atoms with van der Waals surface area (Å²) >= 11 is 5.96. The van der Waals surface area contributed by atoms with Crippen molar-refractivity contribution >= 4 is 34.0 Å². The summed E-state index contributed by atoms with van der Waals surface area (Å²) in [5.74, 6) is 0. The number of aryl methyl sites for hydroxylation is 3. The van der Waals surface area contributed by atoms with Crippen molar-refractivity contribution in [3.8, 4) is 19.5 Å². The Balaban J connectivity index is 1.72. The summed E-state index contributed by atoms with van der Waals surface area (Å²) in [5.41, 5.74) is 4.67. The Kier molecular flexibility index (Phi) is 12.3. The zero-order valence-corrected chi connectivity index (χ0v) is 23.7. The summed E-state index contributed by atoms with van der Waals surface area (Å²) in [6.07, 6.45) is 19.8. The van der Waals surface area contributed by atoms with E-state index in [1.54, 1.807) is 16.0 Å². The van der Waals surface area contributed by atoms with Crippen LogP contribution in [0.5, 0.6) is 0 Å². The third-order valence-electron chi connectivity index (χ3n) is 6.52. The SMILES string of the molecule is CCCCCCc1csc(-c2cc(CCCCCC)c(-c3cc(CCCCCC)cs3)s2)c1. The van der Waals surface area contributed by atoms with Crippen LogP contribution >= 0.6 is 34.0 Å². The highest BCUT2D eigenvalue weighted by Crippen LogP contribution is 2.43. The molecule has 3 heterocycles. The van der Waals surface area contributed by atoms with Gasteiger partial charge in [0.25, 0.3) is 0 Å². The Morgan fingerprint density at radius 3 is 1.61 bits per heavy atom. The van der Waals surface area contributed by atoms with E-state index in [1.807, 2.05) is 34.0 Å². The molecule has 33 heavy (non-hydrogen) atoms. The monoisotopic (exact) mass is 500 g/mol. The van der Waals surface area contributed by atoms with Crippen LogP contribution in [0.4, 0.5) is 0 Å². The first kappa shape index (κ1) is 26.7. The summed E-state index contributed by atoms with van der Waals surface area (Å²) in [4.78, 5) is 6.00. The molecule has 0 aliphatic rings. The van der Waals surface area contributed by atoms with Gasteiger partial charge in [0.2, 0.25) is 0 Å². The Hall–Kier alpha value is -0.900. The van der Waals surface area contributed by atoms with Crippen LogP contribution in [0.2, 0.25) is 0 Å². The molecule has 0 N–H and O–H groups in total. The molecule has 0 atom stereocenters. The van der Waals surface area contributed by atoms with Crippen molar-refractivity contribution in [3.63, 3.8) is 0 Å². The van der Waals surface area contributed by atoms with Gasteiger partial charge in [0, 0.05) is 19.5 Å². The third-order valence-corrected chi connectivity index (χ3v) is 10.0. The summed E-state index contributed by atoms with van der Waals surface area (Å²) in [6, 6.07) is 7.50. The molecule has 0 saturated carbocycles. The van der Waals surface area contributed by atoms with Crippen LogP contribution in [-0.4, -0.2) is 0 Å². The zero-order chi connectivity index (χ0) is 23.3. The Bertz CT molecular complexity index is 911. The number of rotatable bonds is 17.